The third-order valence-corrected chi connectivity index (χ3v) is 3.60. The molecule has 1 fully saturated rings. The van der Waals surface area contributed by atoms with E-state index in [1.54, 1.807) is 0 Å². The molecule has 1 aliphatic rings. The highest BCUT2D eigenvalue weighted by Crippen LogP contribution is 2.44. The van der Waals surface area contributed by atoms with Gasteiger partial charge >= 0.3 is 12.1 Å². The minimum absolute atomic E-state index is 0.438. The number of methoxy groups -OCH3 is 1. The van der Waals surface area contributed by atoms with Gasteiger partial charge in [-0.3, -0.25) is 4.90 Å². The Bertz CT molecular complexity index is 326. The van der Waals surface area contributed by atoms with Gasteiger partial charge < -0.3 is 9.84 Å². The lowest BCUT2D eigenvalue weighted by atomic mass is 9.91. The number of hydrogen-bond donors (Lipinski definition) is 1. The van der Waals surface area contributed by atoms with Crippen LogP contribution in [0.4, 0.5) is 4.79 Å². The molecule has 0 radical (unpaired) electrons. The highest BCUT2D eigenvalue weighted by Gasteiger charge is 2.57. The van der Waals surface area contributed by atoms with Crippen LogP contribution in [-0.4, -0.2) is 40.3 Å². The number of likely N-dealkylation sites (tertiary alicyclic amines) is 1. The van der Waals surface area contributed by atoms with Crippen molar-refractivity contribution in [2.75, 3.05) is 7.11 Å². The summed E-state index contributed by atoms with van der Waals surface area (Å²) in [4.78, 5) is 24.7. The third kappa shape index (κ3) is 2.10. The first-order chi connectivity index (χ1) is 7.81. The molecule has 1 rings (SSSR count). The Hall–Kier alpha value is -1.26. The summed E-state index contributed by atoms with van der Waals surface area (Å²) in [5, 5.41) is 9.37. The standard InChI is InChI=1S/C12H21NO4/c1-5-6-12(9(14)17-4)8-7-11(2,3)13(12)10(15)16/h5-8H2,1-4H3,(H,15,16). The van der Waals surface area contributed by atoms with Gasteiger partial charge in [-0.15, -0.1) is 0 Å². The Morgan fingerprint density at radius 1 is 1.35 bits per heavy atom. The maximum absolute atomic E-state index is 12.0. The summed E-state index contributed by atoms with van der Waals surface area (Å²) in [5.41, 5.74) is -1.52. The molecule has 0 aromatic carbocycles. The maximum Gasteiger partial charge on any atom is 0.408 e. The van der Waals surface area contributed by atoms with Crippen molar-refractivity contribution in [3.05, 3.63) is 0 Å². The number of carboxylic acid groups (broad SMARTS) is 1. The molecule has 1 heterocycles. The number of carbonyl (C=O) groups is 2. The van der Waals surface area contributed by atoms with E-state index in [1.807, 2.05) is 20.8 Å². The Balaban J connectivity index is 3.21. The van der Waals surface area contributed by atoms with Crippen LogP contribution in [0.5, 0.6) is 0 Å². The van der Waals surface area contributed by atoms with Crippen LogP contribution in [0.1, 0.15) is 46.5 Å². The molecule has 5 heteroatoms. The van der Waals surface area contributed by atoms with Gasteiger partial charge in [0, 0.05) is 5.54 Å². The molecule has 17 heavy (non-hydrogen) atoms. The van der Waals surface area contributed by atoms with Crippen LogP contribution in [-0.2, 0) is 9.53 Å². The minimum atomic E-state index is -1.05. The lowest BCUT2D eigenvalue weighted by molar-refractivity contribution is -0.154. The van der Waals surface area contributed by atoms with E-state index in [4.69, 9.17) is 4.74 Å². The first kappa shape index (κ1) is 13.8. The average Bonchev–Trinajstić information content (AvgIpc) is 2.50. The van der Waals surface area contributed by atoms with Crippen LogP contribution in [0.2, 0.25) is 0 Å². The minimum Gasteiger partial charge on any atom is -0.467 e. The van der Waals surface area contributed by atoms with E-state index in [0.717, 1.165) is 6.42 Å². The monoisotopic (exact) mass is 243 g/mol. The Labute approximate surface area is 102 Å². The van der Waals surface area contributed by atoms with Gasteiger partial charge in [0.1, 0.15) is 5.54 Å². The van der Waals surface area contributed by atoms with Crippen LogP contribution >= 0.6 is 0 Å². The second kappa shape index (κ2) is 4.55. The molecule has 0 saturated carbocycles. The van der Waals surface area contributed by atoms with Gasteiger partial charge in [-0.25, -0.2) is 9.59 Å². The van der Waals surface area contributed by atoms with Gasteiger partial charge in [-0.2, -0.15) is 0 Å². The van der Waals surface area contributed by atoms with E-state index >= 15 is 0 Å². The fraction of sp³-hybridized carbons (Fsp3) is 0.833. The molecule has 0 aromatic rings. The Kier molecular flexibility index (Phi) is 3.69. The summed E-state index contributed by atoms with van der Waals surface area (Å²) in [6.07, 6.45) is 1.41. The van der Waals surface area contributed by atoms with Crippen molar-refractivity contribution in [1.82, 2.24) is 4.90 Å². The molecular weight excluding hydrogens is 222 g/mol. The molecule has 1 atom stereocenters. The molecule has 1 amide bonds. The van der Waals surface area contributed by atoms with Gasteiger partial charge in [0.25, 0.3) is 0 Å². The molecule has 0 spiro atoms. The van der Waals surface area contributed by atoms with Gasteiger partial charge in [-0.1, -0.05) is 13.3 Å². The quantitative estimate of drug-likeness (QED) is 0.772. The number of ether oxygens (including phenoxy) is 1. The lowest BCUT2D eigenvalue weighted by Gasteiger charge is -2.40. The number of nitrogens with zero attached hydrogens (tertiary/aromatic N) is 1. The number of hydrogen-bond acceptors (Lipinski definition) is 3. The molecular formula is C12H21NO4. The van der Waals surface area contributed by atoms with Crippen molar-refractivity contribution >= 4 is 12.1 Å². The summed E-state index contributed by atoms with van der Waals surface area (Å²) in [6.45, 7) is 5.64. The highest BCUT2D eigenvalue weighted by molar-refractivity contribution is 5.86. The van der Waals surface area contributed by atoms with Crippen LogP contribution in [0.15, 0.2) is 0 Å². The first-order valence-corrected chi connectivity index (χ1v) is 5.93. The largest absolute Gasteiger partial charge is 0.467 e. The molecule has 0 aliphatic carbocycles. The highest BCUT2D eigenvalue weighted by atomic mass is 16.5. The summed E-state index contributed by atoms with van der Waals surface area (Å²) < 4.78 is 4.82. The molecule has 98 valence electrons. The molecule has 1 N–H and O–H groups in total. The van der Waals surface area contributed by atoms with E-state index in [1.165, 1.54) is 12.0 Å². The van der Waals surface area contributed by atoms with Crippen LogP contribution in [0.3, 0.4) is 0 Å². The molecule has 1 aliphatic heterocycles. The number of rotatable bonds is 3. The summed E-state index contributed by atoms with van der Waals surface area (Å²) >= 11 is 0. The van der Waals surface area contributed by atoms with E-state index in [-0.39, 0.29) is 0 Å². The van der Waals surface area contributed by atoms with Gasteiger partial charge in [0.05, 0.1) is 7.11 Å². The Morgan fingerprint density at radius 3 is 2.35 bits per heavy atom. The topological polar surface area (TPSA) is 66.8 Å². The lowest BCUT2D eigenvalue weighted by Crippen LogP contribution is -2.58. The number of amides is 1. The molecule has 0 bridgehead atoms. The SMILES string of the molecule is CCCC1(C(=O)OC)CCC(C)(C)N1C(=O)O. The fourth-order valence-corrected chi connectivity index (χ4v) is 2.89. The van der Waals surface area contributed by atoms with Gasteiger partial charge in [0.15, 0.2) is 0 Å². The van der Waals surface area contributed by atoms with Gasteiger partial charge in [-0.05, 0) is 33.1 Å². The van der Waals surface area contributed by atoms with Crippen LogP contribution < -0.4 is 0 Å². The zero-order chi connectivity index (χ0) is 13.3. The summed E-state index contributed by atoms with van der Waals surface area (Å²) in [7, 11) is 1.31. The molecule has 1 unspecified atom stereocenters. The van der Waals surface area contributed by atoms with Crippen molar-refractivity contribution in [2.24, 2.45) is 0 Å². The van der Waals surface area contributed by atoms with Crippen molar-refractivity contribution < 1.29 is 19.4 Å². The van der Waals surface area contributed by atoms with Gasteiger partial charge in [0.2, 0.25) is 0 Å². The summed E-state index contributed by atoms with van der Waals surface area (Å²) in [6, 6.07) is 0. The third-order valence-electron chi connectivity index (χ3n) is 3.60. The fourth-order valence-electron chi connectivity index (χ4n) is 2.89. The predicted molar refractivity (Wildman–Crippen MR) is 62.8 cm³/mol. The smallest absolute Gasteiger partial charge is 0.408 e. The number of esters is 1. The zero-order valence-electron chi connectivity index (χ0n) is 10.9. The van der Waals surface area contributed by atoms with E-state index in [9.17, 15) is 14.7 Å². The van der Waals surface area contributed by atoms with E-state index in [2.05, 4.69) is 0 Å². The summed E-state index contributed by atoms with van der Waals surface area (Å²) in [5.74, 6) is -0.438. The van der Waals surface area contributed by atoms with Crippen molar-refractivity contribution in [3.8, 4) is 0 Å². The zero-order valence-corrected chi connectivity index (χ0v) is 10.9. The Morgan fingerprint density at radius 2 is 1.94 bits per heavy atom. The van der Waals surface area contributed by atoms with Crippen molar-refractivity contribution in [1.29, 1.82) is 0 Å². The van der Waals surface area contributed by atoms with Crippen molar-refractivity contribution in [2.45, 2.75) is 57.5 Å². The molecule has 1 saturated heterocycles. The normalized spacial score (nSPS) is 26.9. The van der Waals surface area contributed by atoms with Crippen LogP contribution in [0.25, 0.3) is 0 Å². The molecule has 5 nitrogen and oxygen atoms in total. The van der Waals surface area contributed by atoms with E-state index < -0.39 is 23.1 Å². The predicted octanol–water partition coefficient (Wildman–Crippen LogP) is 2.25. The molecule has 0 aromatic heterocycles. The van der Waals surface area contributed by atoms with Crippen molar-refractivity contribution in [3.63, 3.8) is 0 Å². The maximum atomic E-state index is 12.0. The second-order valence-corrected chi connectivity index (χ2v) is 5.20. The average molecular weight is 243 g/mol. The van der Waals surface area contributed by atoms with Crippen LogP contribution in [0, 0.1) is 0 Å². The number of carbonyl (C=O) groups excluding carboxylic acids is 1. The second-order valence-electron chi connectivity index (χ2n) is 5.20. The van der Waals surface area contributed by atoms with E-state index in [0.29, 0.717) is 19.3 Å². The first-order valence-electron chi connectivity index (χ1n) is 5.93.